The number of nitrogens with zero attached hydrogens (tertiary/aromatic N) is 2. The fourth-order valence-electron chi connectivity index (χ4n) is 5.45. The molecule has 164 valence electrons. The summed E-state index contributed by atoms with van der Waals surface area (Å²) in [4.78, 5) is 29.9. The molecule has 2 aromatic rings. The Bertz CT molecular complexity index is 1200. The molecule has 0 saturated carbocycles. The van der Waals surface area contributed by atoms with Crippen LogP contribution in [0, 0.1) is 22.6 Å². The highest BCUT2D eigenvalue weighted by Crippen LogP contribution is 2.51. The van der Waals surface area contributed by atoms with E-state index >= 15 is 0 Å². The molecule has 0 fully saturated rings. The third kappa shape index (κ3) is 3.40. The lowest BCUT2D eigenvalue weighted by molar-refractivity contribution is -0.120. The molecule has 0 bridgehead atoms. The molecule has 0 saturated heterocycles. The van der Waals surface area contributed by atoms with Crippen molar-refractivity contribution in [2.75, 3.05) is 4.90 Å². The Labute approximate surface area is 191 Å². The van der Waals surface area contributed by atoms with Gasteiger partial charge in [-0.15, -0.1) is 11.3 Å². The number of aryl methyl sites for hydroxylation is 1. The minimum Gasteiger partial charge on any atom is -0.294 e. The van der Waals surface area contributed by atoms with Gasteiger partial charge in [-0.25, -0.2) is 4.39 Å². The van der Waals surface area contributed by atoms with Crippen molar-refractivity contribution in [2.45, 2.75) is 64.7 Å². The van der Waals surface area contributed by atoms with E-state index in [1.807, 2.05) is 13.8 Å². The summed E-state index contributed by atoms with van der Waals surface area (Å²) in [5.74, 6) is -0.773. The van der Waals surface area contributed by atoms with Gasteiger partial charge >= 0.3 is 0 Å². The number of amides is 1. The van der Waals surface area contributed by atoms with Crippen molar-refractivity contribution < 1.29 is 14.0 Å². The van der Waals surface area contributed by atoms with Gasteiger partial charge in [-0.2, -0.15) is 5.26 Å². The van der Waals surface area contributed by atoms with Crippen LogP contribution in [0.1, 0.15) is 73.4 Å². The first-order valence-corrected chi connectivity index (χ1v) is 12.0. The summed E-state index contributed by atoms with van der Waals surface area (Å²) in [5.41, 5.74) is 3.57. The van der Waals surface area contributed by atoms with E-state index in [1.165, 1.54) is 17.0 Å². The molecule has 0 unspecified atom stereocenters. The number of carbonyl (C=O) groups is 2. The number of fused-ring (bicyclic) bond motifs is 1. The quantitative estimate of drug-likeness (QED) is 0.583. The zero-order valence-corrected chi connectivity index (χ0v) is 19.2. The molecule has 0 spiro atoms. The summed E-state index contributed by atoms with van der Waals surface area (Å²) < 4.78 is 13.5. The van der Waals surface area contributed by atoms with E-state index in [1.54, 1.807) is 28.4 Å². The highest BCUT2D eigenvalue weighted by molar-refractivity contribution is 7.16. The minimum atomic E-state index is -0.377. The average Bonchev–Trinajstić information content (AvgIpc) is 3.10. The van der Waals surface area contributed by atoms with Gasteiger partial charge in [0.15, 0.2) is 5.78 Å². The normalized spacial score (nSPS) is 22.4. The molecule has 0 N–H and O–H groups in total. The molecule has 2 aliphatic carbocycles. The van der Waals surface area contributed by atoms with Gasteiger partial charge in [0.1, 0.15) is 16.9 Å². The van der Waals surface area contributed by atoms with Crippen LogP contribution in [0.3, 0.4) is 0 Å². The minimum absolute atomic E-state index is 0.0444. The van der Waals surface area contributed by atoms with Crippen molar-refractivity contribution in [3.05, 3.63) is 62.9 Å². The zero-order valence-electron chi connectivity index (χ0n) is 18.3. The molecule has 32 heavy (non-hydrogen) atoms. The number of thiophene rings is 1. The second-order valence-electron chi connectivity index (χ2n) is 9.84. The topological polar surface area (TPSA) is 61.2 Å². The maximum absolute atomic E-state index is 13.6. The number of carbonyl (C=O) groups excluding carboxylic acids is 2. The molecular weight excluding hydrogens is 423 g/mol. The van der Waals surface area contributed by atoms with Gasteiger partial charge in [0, 0.05) is 34.9 Å². The van der Waals surface area contributed by atoms with Crippen molar-refractivity contribution >= 4 is 28.0 Å². The predicted molar refractivity (Wildman–Crippen MR) is 122 cm³/mol. The van der Waals surface area contributed by atoms with Crippen LogP contribution in [0.2, 0.25) is 0 Å². The van der Waals surface area contributed by atoms with E-state index in [0.29, 0.717) is 29.0 Å². The Morgan fingerprint density at radius 2 is 1.84 bits per heavy atom. The largest absolute Gasteiger partial charge is 0.294 e. The highest BCUT2D eigenvalue weighted by Gasteiger charge is 2.45. The van der Waals surface area contributed by atoms with Crippen LogP contribution in [0.15, 0.2) is 35.5 Å². The summed E-state index contributed by atoms with van der Waals surface area (Å²) in [6.45, 7) is 4.09. The van der Waals surface area contributed by atoms with Crippen molar-refractivity contribution in [3.8, 4) is 6.07 Å². The van der Waals surface area contributed by atoms with Gasteiger partial charge in [0.25, 0.3) is 0 Å². The van der Waals surface area contributed by atoms with Gasteiger partial charge in [-0.1, -0.05) is 26.0 Å². The second-order valence-corrected chi connectivity index (χ2v) is 10.9. The predicted octanol–water partition coefficient (Wildman–Crippen LogP) is 5.80. The number of benzene rings is 1. The second kappa shape index (κ2) is 7.67. The fraction of sp³-hybridized carbons (Fsp3) is 0.423. The van der Waals surface area contributed by atoms with Crippen molar-refractivity contribution in [1.82, 2.24) is 0 Å². The third-order valence-electron chi connectivity index (χ3n) is 6.88. The Morgan fingerprint density at radius 3 is 2.56 bits per heavy atom. The highest BCUT2D eigenvalue weighted by atomic mass is 32.1. The Hall–Kier alpha value is -2.78. The van der Waals surface area contributed by atoms with Crippen molar-refractivity contribution in [1.29, 1.82) is 5.26 Å². The maximum Gasteiger partial charge on any atom is 0.232 e. The van der Waals surface area contributed by atoms with E-state index < -0.39 is 0 Å². The maximum atomic E-state index is 13.6. The number of allylic oxidation sites excluding steroid dienone is 2. The molecule has 1 aromatic carbocycles. The van der Waals surface area contributed by atoms with E-state index in [4.69, 9.17) is 0 Å². The molecule has 1 aliphatic heterocycles. The summed E-state index contributed by atoms with van der Waals surface area (Å²) in [6.07, 6.45) is 5.10. The number of rotatable bonds is 2. The van der Waals surface area contributed by atoms with Gasteiger partial charge in [0.2, 0.25) is 5.91 Å². The van der Waals surface area contributed by atoms with Crippen molar-refractivity contribution in [2.24, 2.45) is 5.41 Å². The van der Waals surface area contributed by atoms with Gasteiger partial charge in [-0.05, 0) is 60.8 Å². The standard InChI is InChI=1S/C26H25FN2O2S/c1-26(2)12-20-24(21(30)13-26)18(15-7-9-16(27)10-8-15)11-23(31)29(20)25-19(14-28)17-5-3-4-6-22(17)32-25/h7-10,18H,3-6,11-13H2,1-2H3/t18-/m1/s1. The lowest BCUT2D eigenvalue weighted by Crippen LogP contribution is -2.43. The molecule has 1 amide bonds. The summed E-state index contributed by atoms with van der Waals surface area (Å²) in [5, 5.41) is 10.7. The zero-order chi connectivity index (χ0) is 22.6. The number of anilines is 1. The first-order valence-electron chi connectivity index (χ1n) is 11.2. The lowest BCUT2D eigenvalue weighted by atomic mass is 9.69. The number of halogens is 1. The molecular formula is C26H25FN2O2S. The average molecular weight is 449 g/mol. The van der Waals surface area contributed by atoms with Crippen LogP contribution in [-0.2, 0) is 22.4 Å². The summed E-state index contributed by atoms with van der Waals surface area (Å²) in [6, 6.07) is 8.47. The van der Waals surface area contributed by atoms with Crippen LogP contribution >= 0.6 is 11.3 Å². The van der Waals surface area contributed by atoms with Gasteiger partial charge < -0.3 is 0 Å². The molecule has 2 heterocycles. The number of hydrogen-bond donors (Lipinski definition) is 0. The monoisotopic (exact) mass is 448 g/mol. The molecule has 6 heteroatoms. The van der Waals surface area contributed by atoms with E-state index in [9.17, 15) is 19.2 Å². The molecule has 3 aliphatic rings. The van der Waals surface area contributed by atoms with Crippen LogP contribution in [-0.4, -0.2) is 11.7 Å². The van der Waals surface area contributed by atoms with Crippen molar-refractivity contribution in [3.63, 3.8) is 0 Å². The number of ketones is 1. The number of Topliss-reactive ketones (excluding diaryl/α,β-unsaturated/α-hetero) is 1. The third-order valence-corrected chi connectivity index (χ3v) is 8.16. The van der Waals surface area contributed by atoms with Crippen LogP contribution in [0.5, 0.6) is 0 Å². The first kappa shape index (κ1) is 21.1. The molecule has 0 radical (unpaired) electrons. The number of nitriles is 1. The van der Waals surface area contributed by atoms with Crippen LogP contribution in [0.25, 0.3) is 0 Å². The van der Waals surface area contributed by atoms with E-state index in [0.717, 1.165) is 42.5 Å². The molecule has 5 rings (SSSR count). The first-order chi connectivity index (χ1) is 15.3. The van der Waals surface area contributed by atoms with E-state index in [2.05, 4.69) is 6.07 Å². The van der Waals surface area contributed by atoms with Gasteiger partial charge in [0.05, 0.1) is 5.56 Å². The summed E-state index contributed by atoms with van der Waals surface area (Å²) >= 11 is 1.54. The number of hydrogen-bond acceptors (Lipinski definition) is 4. The van der Waals surface area contributed by atoms with Gasteiger partial charge in [-0.3, -0.25) is 14.5 Å². The lowest BCUT2D eigenvalue weighted by Gasteiger charge is -2.42. The smallest absolute Gasteiger partial charge is 0.232 e. The SMILES string of the molecule is CC1(C)CC(=O)C2=C(C1)N(c1sc3c(c1C#N)CCCC3)C(=O)C[C@@H]2c1ccc(F)cc1. The Morgan fingerprint density at radius 1 is 1.12 bits per heavy atom. The van der Waals surface area contributed by atoms with Crippen LogP contribution in [0.4, 0.5) is 9.39 Å². The Balaban J connectivity index is 1.70. The summed E-state index contributed by atoms with van der Waals surface area (Å²) in [7, 11) is 0. The molecule has 4 nitrogen and oxygen atoms in total. The van der Waals surface area contributed by atoms with Crippen LogP contribution < -0.4 is 4.90 Å². The molecule has 1 aromatic heterocycles. The van der Waals surface area contributed by atoms with E-state index in [-0.39, 0.29) is 35.3 Å². The Kier molecular flexibility index (Phi) is 5.05. The molecule has 1 atom stereocenters. The fourth-order valence-corrected chi connectivity index (χ4v) is 6.84.